The molecular formula is C26H32N2O4S. The lowest BCUT2D eigenvalue weighted by Crippen LogP contribution is -2.35. The number of hydrogen-bond donors (Lipinski definition) is 2. The van der Waals surface area contributed by atoms with Crippen molar-refractivity contribution < 1.29 is 19.4 Å². The van der Waals surface area contributed by atoms with Crippen LogP contribution < -0.4 is 14.8 Å². The number of benzene rings is 1. The normalized spacial score (nSPS) is 13.1. The van der Waals surface area contributed by atoms with Gasteiger partial charge in [-0.1, -0.05) is 6.07 Å². The highest BCUT2D eigenvalue weighted by atomic mass is 32.1. The maximum atomic E-state index is 12.5. The number of aryl methyl sites for hydroxylation is 1. The molecule has 0 aliphatic carbocycles. The summed E-state index contributed by atoms with van der Waals surface area (Å²) in [5.41, 5.74) is 5.11. The van der Waals surface area contributed by atoms with E-state index in [4.69, 9.17) is 9.47 Å². The number of carboxylic acid groups (broad SMARTS) is 1. The van der Waals surface area contributed by atoms with Crippen LogP contribution in [0, 0.1) is 0 Å². The quantitative estimate of drug-likeness (QED) is 0.457. The molecule has 33 heavy (non-hydrogen) atoms. The largest absolute Gasteiger partial charge is 0.493 e. The predicted molar refractivity (Wildman–Crippen MR) is 133 cm³/mol. The van der Waals surface area contributed by atoms with Crippen molar-refractivity contribution in [1.29, 1.82) is 0 Å². The fourth-order valence-corrected chi connectivity index (χ4v) is 5.20. The second-order valence-corrected chi connectivity index (χ2v) is 10.6. The summed E-state index contributed by atoms with van der Waals surface area (Å²) in [6.45, 7) is 11.3. The van der Waals surface area contributed by atoms with E-state index in [1.165, 1.54) is 0 Å². The molecule has 1 aromatic carbocycles. The van der Waals surface area contributed by atoms with E-state index in [1.54, 1.807) is 18.4 Å². The highest BCUT2D eigenvalue weighted by Gasteiger charge is 2.33. The van der Waals surface area contributed by atoms with Crippen molar-refractivity contribution in [3.8, 4) is 33.2 Å². The van der Waals surface area contributed by atoms with Crippen LogP contribution in [0.3, 0.4) is 0 Å². The third kappa shape index (κ3) is 4.52. The van der Waals surface area contributed by atoms with Crippen molar-refractivity contribution in [3.05, 3.63) is 46.5 Å². The zero-order chi connectivity index (χ0) is 23.9. The summed E-state index contributed by atoms with van der Waals surface area (Å²) in [5, 5.41) is 15.8. The van der Waals surface area contributed by atoms with Crippen LogP contribution in [0.4, 0.5) is 0 Å². The molecular weight excluding hydrogens is 436 g/mol. The Morgan fingerprint density at radius 2 is 2.03 bits per heavy atom. The summed E-state index contributed by atoms with van der Waals surface area (Å²) in [4.78, 5) is 13.6. The maximum absolute atomic E-state index is 12.5. The molecule has 176 valence electrons. The Morgan fingerprint density at radius 1 is 1.27 bits per heavy atom. The fraction of sp³-hybridized carbons (Fsp3) is 0.423. The molecule has 1 aliphatic rings. The number of hydrogen-bond acceptors (Lipinski definition) is 5. The van der Waals surface area contributed by atoms with Crippen LogP contribution in [-0.4, -0.2) is 34.4 Å². The number of nitrogens with one attached hydrogen (secondary N) is 1. The number of aromatic nitrogens is 1. The minimum atomic E-state index is -0.902. The van der Waals surface area contributed by atoms with Crippen LogP contribution in [0.25, 0.3) is 21.7 Å². The minimum Gasteiger partial charge on any atom is -0.493 e. The molecule has 4 rings (SSSR count). The van der Waals surface area contributed by atoms with Crippen LogP contribution >= 0.6 is 11.3 Å². The zero-order valence-electron chi connectivity index (χ0n) is 20.1. The number of rotatable bonds is 7. The first-order chi connectivity index (χ1) is 15.6. The van der Waals surface area contributed by atoms with Crippen molar-refractivity contribution in [1.82, 2.24) is 9.88 Å². The van der Waals surface area contributed by atoms with E-state index >= 15 is 0 Å². The summed E-state index contributed by atoms with van der Waals surface area (Å²) in [7, 11) is 1.65. The number of aromatic carboxylic acids is 1. The van der Waals surface area contributed by atoms with Crippen LogP contribution in [0.15, 0.2) is 29.6 Å². The molecule has 0 amide bonds. The second kappa shape index (κ2) is 8.88. The zero-order valence-corrected chi connectivity index (χ0v) is 20.9. The minimum absolute atomic E-state index is 0.00906. The Bertz CT molecular complexity index is 1170. The Kier molecular flexibility index (Phi) is 6.29. The molecule has 3 aromatic rings. The first-order valence-electron chi connectivity index (χ1n) is 11.3. The molecule has 7 heteroatoms. The van der Waals surface area contributed by atoms with Gasteiger partial charge in [-0.3, -0.25) is 0 Å². The number of nitrogens with zero attached hydrogens (tertiary/aromatic N) is 1. The van der Waals surface area contributed by atoms with E-state index in [-0.39, 0.29) is 11.6 Å². The second-order valence-electron chi connectivity index (χ2n) is 9.67. The Hall–Kier alpha value is -2.77. The number of ether oxygens (including phenoxy) is 2. The average Bonchev–Trinajstić information content (AvgIpc) is 3.36. The highest BCUT2D eigenvalue weighted by molar-refractivity contribution is 7.13. The van der Waals surface area contributed by atoms with E-state index in [0.29, 0.717) is 30.3 Å². The van der Waals surface area contributed by atoms with Gasteiger partial charge < -0.3 is 24.5 Å². The molecule has 3 heterocycles. The van der Waals surface area contributed by atoms with Gasteiger partial charge >= 0.3 is 5.97 Å². The molecule has 0 saturated heterocycles. The van der Waals surface area contributed by atoms with Gasteiger partial charge in [0.1, 0.15) is 5.69 Å². The first-order valence-corrected chi connectivity index (χ1v) is 12.1. The third-order valence-electron chi connectivity index (χ3n) is 5.74. The number of carbonyl (C=O) groups is 1. The Balaban J connectivity index is 2.01. The van der Waals surface area contributed by atoms with E-state index in [9.17, 15) is 9.90 Å². The summed E-state index contributed by atoms with van der Waals surface area (Å²) < 4.78 is 13.7. The van der Waals surface area contributed by atoms with Gasteiger partial charge in [-0.2, -0.15) is 0 Å². The number of thiophene rings is 1. The summed E-state index contributed by atoms with van der Waals surface area (Å²) >= 11 is 1.63. The van der Waals surface area contributed by atoms with Gasteiger partial charge in [0.15, 0.2) is 11.5 Å². The molecule has 0 bridgehead atoms. The fourth-order valence-electron chi connectivity index (χ4n) is 4.40. The molecule has 0 unspecified atom stereocenters. The maximum Gasteiger partial charge on any atom is 0.352 e. The molecule has 1 aliphatic heterocycles. The van der Waals surface area contributed by atoms with Gasteiger partial charge in [0.2, 0.25) is 0 Å². The topological polar surface area (TPSA) is 72.7 Å². The molecule has 0 saturated carbocycles. The molecule has 0 radical (unpaired) electrons. The van der Waals surface area contributed by atoms with Crippen molar-refractivity contribution in [2.24, 2.45) is 0 Å². The lowest BCUT2D eigenvalue weighted by Gasteiger charge is -2.24. The summed E-state index contributed by atoms with van der Waals surface area (Å²) in [6, 6.07) is 8.13. The van der Waals surface area contributed by atoms with Crippen LogP contribution in [-0.2, 0) is 19.5 Å². The molecule has 6 nitrogen and oxygen atoms in total. The SMILES string of the molecule is COc1cc2c(cc1OC(C)C)-c1c(-c3cccs3)c(CNC(C)(C)C)c(C(=O)O)n1CC2. The van der Waals surface area contributed by atoms with Crippen LogP contribution in [0.5, 0.6) is 11.5 Å². The predicted octanol–water partition coefficient (Wildman–Crippen LogP) is 5.82. The van der Waals surface area contributed by atoms with Gasteiger partial charge in [-0.25, -0.2) is 4.79 Å². The lowest BCUT2D eigenvalue weighted by molar-refractivity contribution is 0.0683. The Labute approximate surface area is 199 Å². The molecule has 0 spiro atoms. The summed E-state index contributed by atoms with van der Waals surface area (Å²) in [6.07, 6.45) is 0.719. The van der Waals surface area contributed by atoms with Crippen LogP contribution in [0.2, 0.25) is 0 Å². The summed E-state index contributed by atoms with van der Waals surface area (Å²) in [5.74, 6) is 0.470. The first kappa shape index (κ1) is 23.4. The highest BCUT2D eigenvalue weighted by Crippen LogP contribution is 2.47. The molecule has 0 fully saturated rings. The Morgan fingerprint density at radius 3 is 2.61 bits per heavy atom. The van der Waals surface area contributed by atoms with Gasteiger partial charge in [0, 0.05) is 40.2 Å². The molecule has 2 aromatic heterocycles. The number of carboxylic acids is 1. The van der Waals surface area contributed by atoms with Crippen molar-refractivity contribution >= 4 is 17.3 Å². The third-order valence-corrected chi connectivity index (χ3v) is 6.63. The number of fused-ring (bicyclic) bond motifs is 3. The van der Waals surface area contributed by atoms with Gasteiger partial charge in [0.25, 0.3) is 0 Å². The van der Waals surface area contributed by atoms with E-state index in [1.807, 2.05) is 42.0 Å². The van der Waals surface area contributed by atoms with Gasteiger partial charge in [0.05, 0.1) is 18.9 Å². The lowest BCUT2D eigenvalue weighted by atomic mass is 9.94. The smallest absolute Gasteiger partial charge is 0.352 e. The number of methoxy groups -OCH3 is 1. The standard InChI is InChI=1S/C26H32N2O4S/c1-15(2)32-20-13-17-16(12-19(20)31-6)9-10-28-23(17)22(21-8-7-11-33-21)18(24(28)25(29)30)14-27-26(3,4)5/h7-8,11-13,15,27H,9-10,14H2,1-6H3,(H,29,30). The average molecular weight is 469 g/mol. The van der Waals surface area contributed by atoms with Crippen molar-refractivity contribution in [2.45, 2.75) is 65.8 Å². The molecule has 2 N–H and O–H groups in total. The van der Waals surface area contributed by atoms with Gasteiger partial charge in [-0.05, 0) is 70.2 Å². The van der Waals surface area contributed by atoms with Gasteiger partial charge in [-0.15, -0.1) is 11.3 Å². The van der Waals surface area contributed by atoms with Crippen molar-refractivity contribution in [2.75, 3.05) is 7.11 Å². The van der Waals surface area contributed by atoms with E-state index < -0.39 is 5.97 Å². The van der Waals surface area contributed by atoms with Crippen LogP contribution in [0.1, 0.15) is 56.2 Å². The monoisotopic (exact) mass is 468 g/mol. The van der Waals surface area contributed by atoms with E-state index in [2.05, 4.69) is 32.2 Å². The van der Waals surface area contributed by atoms with Crippen molar-refractivity contribution in [3.63, 3.8) is 0 Å². The van der Waals surface area contributed by atoms with E-state index in [0.717, 1.165) is 39.2 Å². The molecule has 0 atom stereocenters.